The molecule has 2 N–H and O–H groups in total. The molecule has 1 saturated heterocycles. The summed E-state index contributed by atoms with van der Waals surface area (Å²) in [4.78, 5) is 26.0. The normalized spacial score (nSPS) is 21.1. The van der Waals surface area contributed by atoms with Crippen LogP contribution in [0.2, 0.25) is 0 Å². The number of carbonyl (C=O) groups excluding carboxylic acids is 2. The fraction of sp³-hybridized carbons (Fsp3) is 0.500. The van der Waals surface area contributed by atoms with Gasteiger partial charge < -0.3 is 15.4 Å². The summed E-state index contributed by atoms with van der Waals surface area (Å²) < 4.78 is 43.3. The van der Waals surface area contributed by atoms with Gasteiger partial charge >= 0.3 is 6.18 Å². The summed E-state index contributed by atoms with van der Waals surface area (Å²) in [5.41, 5.74) is 3.71. The van der Waals surface area contributed by atoms with Gasteiger partial charge in [-0.15, -0.1) is 0 Å². The van der Waals surface area contributed by atoms with Crippen LogP contribution in [0.15, 0.2) is 18.2 Å². The Balaban J connectivity index is 2.39. The van der Waals surface area contributed by atoms with E-state index >= 15 is 0 Å². The van der Waals surface area contributed by atoms with Crippen molar-refractivity contribution in [3.05, 3.63) is 34.9 Å². The lowest BCUT2D eigenvalue weighted by atomic mass is 9.94. The lowest BCUT2D eigenvalue weighted by Crippen LogP contribution is -2.58. The molecule has 1 aliphatic rings. The molecule has 0 spiro atoms. The highest BCUT2D eigenvalue weighted by Gasteiger charge is 2.49. The quantitative estimate of drug-likeness (QED) is 0.909. The van der Waals surface area contributed by atoms with E-state index in [-0.39, 0.29) is 17.7 Å². The minimum absolute atomic E-state index is 0.0479. The van der Waals surface area contributed by atoms with E-state index < -0.39 is 29.1 Å². The second-order valence-corrected chi connectivity index (χ2v) is 5.92. The highest BCUT2D eigenvalue weighted by Crippen LogP contribution is 2.34. The summed E-state index contributed by atoms with van der Waals surface area (Å²) in [5.74, 6) is -1.20. The van der Waals surface area contributed by atoms with Crippen LogP contribution in [0.3, 0.4) is 0 Å². The van der Waals surface area contributed by atoms with Gasteiger partial charge in [0.2, 0.25) is 5.91 Å². The fourth-order valence-electron chi connectivity index (χ4n) is 3.12. The molecule has 5 nitrogen and oxygen atoms in total. The number of hydrogen-bond donors (Lipinski definition) is 1. The van der Waals surface area contributed by atoms with Gasteiger partial charge in [-0.3, -0.25) is 9.59 Å². The Labute approximate surface area is 137 Å². The minimum atomic E-state index is -4.48. The van der Waals surface area contributed by atoms with E-state index in [9.17, 15) is 22.8 Å². The van der Waals surface area contributed by atoms with Crippen molar-refractivity contribution in [2.45, 2.75) is 31.5 Å². The van der Waals surface area contributed by atoms with Crippen LogP contribution in [0.4, 0.5) is 13.2 Å². The van der Waals surface area contributed by atoms with E-state index in [2.05, 4.69) is 0 Å². The number of alkyl halides is 3. The van der Waals surface area contributed by atoms with E-state index in [0.29, 0.717) is 19.4 Å². The molecule has 0 bridgehead atoms. The molecule has 1 unspecified atom stereocenters. The fourth-order valence-corrected chi connectivity index (χ4v) is 3.12. The summed E-state index contributed by atoms with van der Waals surface area (Å²) in [6.07, 6.45) is -3.55. The van der Waals surface area contributed by atoms with Crippen LogP contribution in [0.5, 0.6) is 0 Å². The second kappa shape index (κ2) is 6.43. The number of rotatable bonds is 4. The van der Waals surface area contributed by atoms with Crippen LogP contribution in [0, 0.1) is 6.92 Å². The number of ether oxygens (including phenoxy) is 1. The second-order valence-electron chi connectivity index (χ2n) is 5.92. The zero-order valence-corrected chi connectivity index (χ0v) is 13.4. The Morgan fingerprint density at radius 2 is 2.04 bits per heavy atom. The van der Waals surface area contributed by atoms with Crippen molar-refractivity contribution in [2.24, 2.45) is 5.73 Å². The maximum absolute atomic E-state index is 12.8. The van der Waals surface area contributed by atoms with E-state index in [1.807, 2.05) is 0 Å². The van der Waals surface area contributed by atoms with Gasteiger partial charge in [-0.25, -0.2) is 0 Å². The standard InChI is InChI=1S/C16H19F3N2O3/c1-10-8-11(16(17,18)19)4-5-12(10)13(22)21-7-3-6-15(21,9-24-2)14(20)23/h4-5,8H,3,6-7,9H2,1-2H3,(H2,20,23). The van der Waals surface area contributed by atoms with Gasteiger partial charge in [0.1, 0.15) is 5.54 Å². The van der Waals surface area contributed by atoms with Crippen LogP contribution in [-0.4, -0.2) is 42.5 Å². The number of likely N-dealkylation sites (tertiary alicyclic amines) is 1. The predicted octanol–water partition coefficient (Wildman–Crippen LogP) is 2.12. The van der Waals surface area contributed by atoms with Gasteiger partial charge in [0, 0.05) is 19.2 Å². The monoisotopic (exact) mass is 344 g/mol. The summed E-state index contributed by atoms with van der Waals surface area (Å²) in [5, 5.41) is 0. The number of hydrogen-bond acceptors (Lipinski definition) is 3. The topological polar surface area (TPSA) is 72.6 Å². The van der Waals surface area contributed by atoms with Gasteiger partial charge in [-0.2, -0.15) is 13.2 Å². The van der Waals surface area contributed by atoms with Crippen molar-refractivity contribution in [3.63, 3.8) is 0 Å². The largest absolute Gasteiger partial charge is 0.416 e. The first-order valence-corrected chi connectivity index (χ1v) is 7.42. The number of nitrogens with two attached hydrogens (primary N) is 1. The van der Waals surface area contributed by atoms with Gasteiger partial charge in [-0.1, -0.05) is 0 Å². The first-order chi connectivity index (χ1) is 11.1. The molecule has 2 rings (SSSR count). The van der Waals surface area contributed by atoms with Crippen LogP contribution >= 0.6 is 0 Å². The lowest BCUT2D eigenvalue weighted by Gasteiger charge is -2.35. The third kappa shape index (κ3) is 3.10. The average molecular weight is 344 g/mol. The maximum Gasteiger partial charge on any atom is 0.416 e. The molecule has 1 atom stereocenters. The number of aryl methyl sites for hydroxylation is 1. The summed E-state index contributed by atoms with van der Waals surface area (Å²) in [6.45, 7) is 1.68. The van der Waals surface area contributed by atoms with Crippen LogP contribution < -0.4 is 5.73 Å². The Bertz CT molecular complexity index is 660. The van der Waals surface area contributed by atoms with Crippen molar-refractivity contribution in [2.75, 3.05) is 20.3 Å². The number of halogens is 3. The maximum atomic E-state index is 12.8. The number of amides is 2. The Kier molecular flexibility index (Phi) is 4.89. The molecule has 0 saturated carbocycles. The molecule has 0 aliphatic carbocycles. The number of methoxy groups -OCH3 is 1. The molecule has 1 heterocycles. The molecule has 8 heteroatoms. The van der Waals surface area contributed by atoms with Crippen molar-refractivity contribution in [3.8, 4) is 0 Å². The van der Waals surface area contributed by atoms with Crippen molar-refractivity contribution < 1.29 is 27.5 Å². The first-order valence-electron chi connectivity index (χ1n) is 7.42. The van der Waals surface area contributed by atoms with Crippen molar-refractivity contribution >= 4 is 11.8 Å². The molecule has 0 aromatic heterocycles. The highest BCUT2D eigenvalue weighted by atomic mass is 19.4. The molecule has 1 fully saturated rings. The number of carbonyl (C=O) groups is 2. The SMILES string of the molecule is COCC1(C(N)=O)CCCN1C(=O)c1ccc(C(F)(F)F)cc1C. The zero-order chi connectivity index (χ0) is 18.1. The van der Waals surface area contributed by atoms with E-state index in [0.717, 1.165) is 18.2 Å². The highest BCUT2D eigenvalue weighted by molar-refractivity contribution is 6.00. The molecule has 1 aromatic rings. The molecular weight excluding hydrogens is 325 g/mol. The van der Waals surface area contributed by atoms with Crippen molar-refractivity contribution in [1.29, 1.82) is 0 Å². The van der Waals surface area contributed by atoms with Crippen molar-refractivity contribution in [1.82, 2.24) is 4.90 Å². The number of benzene rings is 1. The van der Waals surface area contributed by atoms with Gasteiger partial charge in [0.25, 0.3) is 5.91 Å². The summed E-state index contributed by atoms with van der Waals surface area (Å²) in [6, 6.07) is 2.92. The minimum Gasteiger partial charge on any atom is -0.382 e. The van der Waals surface area contributed by atoms with Gasteiger partial charge in [0.05, 0.1) is 12.2 Å². The number of nitrogens with zero attached hydrogens (tertiary/aromatic N) is 1. The lowest BCUT2D eigenvalue weighted by molar-refractivity contribution is -0.137. The third-order valence-corrected chi connectivity index (χ3v) is 4.36. The first kappa shape index (κ1) is 18.3. The van der Waals surface area contributed by atoms with Gasteiger partial charge in [-0.05, 0) is 43.5 Å². The molecule has 2 amide bonds. The zero-order valence-electron chi connectivity index (χ0n) is 13.4. The van der Waals surface area contributed by atoms with Crippen LogP contribution in [0.25, 0.3) is 0 Å². The van der Waals surface area contributed by atoms with Crippen LogP contribution in [-0.2, 0) is 15.7 Å². The molecular formula is C16H19F3N2O3. The Morgan fingerprint density at radius 1 is 1.38 bits per heavy atom. The van der Waals surface area contributed by atoms with E-state index in [1.165, 1.54) is 18.9 Å². The molecule has 0 radical (unpaired) electrons. The Hall–Kier alpha value is -2.09. The van der Waals surface area contributed by atoms with Crippen LogP contribution in [0.1, 0.15) is 34.3 Å². The average Bonchev–Trinajstić information content (AvgIpc) is 2.91. The molecule has 1 aliphatic heterocycles. The summed E-state index contributed by atoms with van der Waals surface area (Å²) >= 11 is 0. The summed E-state index contributed by atoms with van der Waals surface area (Å²) in [7, 11) is 1.40. The molecule has 132 valence electrons. The smallest absolute Gasteiger partial charge is 0.382 e. The Morgan fingerprint density at radius 3 is 2.54 bits per heavy atom. The van der Waals surface area contributed by atoms with E-state index in [4.69, 9.17) is 10.5 Å². The molecule has 1 aromatic carbocycles. The third-order valence-electron chi connectivity index (χ3n) is 4.36. The molecule has 24 heavy (non-hydrogen) atoms. The predicted molar refractivity (Wildman–Crippen MR) is 80.3 cm³/mol. The van der Waals surface area contributed by atoms with Gasteiger partial charge in [0.15, 0.2) is 0 Å². The van der Waals surface area contributed by atoms with E-state index in [1.54, 1.807) is 0 Å². The number of primary amides is 1.